The topological polar surface area (TPSA) is 116 Å². The average Bonchev–Trinajstić information content (AvgIpc) is 2.24. The molecule has 1 aromatic rings. The summed E-state index contributed by atoms with van der Waals surface area (Å²) in [7, 11) is -3.42. The van der Waals surface area contributed by atoms with Gasteiger partial charge in [0, 0.05) is 15.2 Å². The molecule has 2 rings (SSSR count). The number of hydrogen-bond acceptors (Lipinski definition) is 4. The molecule has 8 heteroatoms. The quantitative estimate of drug-likeness (QED) is 0.584. The summed E-state index contributed by atoms with van der Waals surface area (Å²) in [6.45, 7) is 3.74. The minimum atomic E-state index is -3.42. The zero-order valence-corrected chi connectivity index (χ0v) is 12.7. The summed E-state index contributed by atoms with van der Waals surface area (Å²) in [5.41, 5.74) is 10.4. The van der Waals surface area contributed by atoms with Gasteiger partial charge < -0.3 is 11.5 Å². The second-order valence-electron chi connectivity index (χ2n) is 5.12. The molecule has 1 aromatic carbocycles. The van der Waals surface area contributed by atoms with E-state index in [1.807, 2.05) is 13.8 Å². The van der Waals surface area contributed by atoms with Crippen molar-refractivity contribution < 1.29 is 13.2 Å². The number of hydrogen-bond donors (Lipinski definition) is 2. The van der Waals surface area contributed by atoms with Gasteiger partial charge in [0.25, 0.3) is 5.91 Å². The average molecular weight is 313 g/mol. The van der Waals surface area contributed by atoms with Gasteiger partial charge >= 0.3 is 0 Å². The van der Waals surface area contributed by atoms with Crippen LogP contribution in [0.4, 0.5) is 0 Å². The molecule has 6 nitrogen and oxygen atoms in total. The lowest BCUT2D eigenvalue weighted by atomic mass is 10.2. The van der Waals surface area contributed by atoms with Crippen molar-refractivity contribution in [2.75, 3.05) is 5.75 Å². The fraction of sp³-hybridized carbons (Fsp3) is 0.333. The maximum absolute atomic E-state index is 12.3. The Hall–Kier alpha value is -1.54. The van der Waals surface area contributed by atoms with Crippen LogP contribution >= 0.6 is 11.8 Å². The third-order valence-electron chi connectivity index (χ3n) is 2.68. The first-order chi connectivity index (χ1) is 9.11. The highest BCUT2D eigenvalue weighted by Gasteiger charge is 2.36. The minimum Gasteiger partial charge on any atom is -0.370 e. The molecule has 0 aromatic heterocycles. The number of sulfone groups is 1. The van der Waals surface area contributed by atoms with Gasteiger partial charge in [-0.3, -0.25) is 4.79 Å². The molecule has 0 aliphatic carbocycles. The summed E-state index contributed by atoms with van der Waals surface area (Å²) in [4.78, 5) is 15.9. The largest absolute Gasteiger partial charge is 0.370 e. The molecule has 1 amide bonds. The predicted octanol–water partition coefficient (Wildman–Crippen LogP) is 0.758. The van der Waals surface area contributed by atoms with Crippen LogP contribution in [0.2, 0.25) is 0 Å². The molecule has 0 atom stereocenters. The van der Waals surface area contributed by atoms with E-state index in [4.69, 9.17) is 11.5 Å². The van der Waals surface area contributed by atoms with Crippen LogP contribution in [0.15, 0.2) is 33.0 Å². The number of amides is 1. The summed E-state index contributed by atoms with van der Waals surface area (Å²) in [5, 5.41) is 0. The second kappa shape index (κ2) is 4.78. The van der Waals surface area contributed by atoms with Gasteiger partial charge in [0.2, 0.25) is 0 Å². The Morgan fingerprint density at radius 1 is 1.35 bits per heavy atom. The Bertz CT molecular complexity index is 705. The number of benzene rings is 1. The van der Waals surface area contributed by atoms with Crippen molar-refractivity contribution in [3.05, 3.63) is 23.8 Å². The molecule has 1 heterocycles. The number of fused-ring (bicyclic) bond motifs is 1. The number of aliphatic imine (C=N–C) groups is 1. The van der Waals surface area contributed by atoms with Crippen LogP contribution in [-0.2, 0) is 9.84 Å². The molecule has 0 fully saturated rings. The number of thioether (sulfide) groups is 1. The zero-order chi connectivity index (χ0) is 15.1. The van der Waals surface area contributed by atoms with Crippen molar-refractivity contribution in [2.24, 2.45) is 16.5 Å². The van der Waals surface area contributed by atoms with Gasteiger partial charge in [-0.2, -0.15) is 4.99 Å². The van der Waals surface area contributed by atoms with Crippen molar-refractivity contribution >= 4 is 33.5 Å². The molecular weight excluding hydrogens is 298 g/mol. The molecule has 0 saturated carbocycles. The number of nitrogens with two attached hydrogens (primary N) is 2. The van der Waals surface area contributed by atoms with Crippen LogP contribution in [0.3, 0.4) is 0 Å². The highest BCUT2D eigenvalue weighted by Crippen LogP contribution is 2.43. The lowest BCUT2D eigenvalue weighted by molar-refractivity contribution is 0.100. The van der Waals surface area contributed by atoms with Crippen LogP contribution in [0, 0.1) is 0 Å². The minimum absolute atomic E-state index is 0.0254. The highest BCUT2D eigenvalue weighted by molar-refractivity contribution is 8.04. The van der Waals surface area contributed by atoms with Gasteiger partial charge in [0.15, 0.2) is 15.8 Å². The number of guanidine groups is 1. The fourth-order valence-electron chi connectivity index (χ4n) is 2.01. The molecule has 1 aliphatic heterocycles. The Labute approximate surface area is 121 Å². The first-order valence-corrected chi connectivity index (χ1v) is 8.27. The third kappa shape index (κ3) is 2.96. The van der Waals surface area contributed by atoms with Crippen molar-refractivity contribution in [3.63, 3.8) is 0 Å². The van der Waals surface area contributed by atoms with Crippen molar-refractivity contribution in [1.82, 2.24) is 0 Å². The van der Waals surface area contributed by atoms with Crippen LogP contribution < -0.4 is 11.5 Å². The van der Waals surface area contributed by atoms with Gasteiger partial charge in [-0.05, 0) is 32.0 Å². The molecule has 0 bridgehead atoms. The summed E-state index contributed by atoms with van der Waals surface area (Å²) < 4.78 is 24.2. The maximum atomic E-state index is 12.3. The van der Waals surface area contributed by atoms with E-state index in [1.165, 1.54) is 23.9 Å². The molecule has 0 radical (unpaired) electrons. The van der Waals surface area contributed by atoms with Gasteiger partial charge in [-0.25, -0.2) is 8.42 Å². The van der Waals surface area contributed by atoms with E-state index < -0.39 is 20.5 Å². The number of carbonyl (C=O) groups is 1. The Morgan fingerprint density at radius 3 is 2.60 bits per heavy atom. The molecule has 0 spiro atoms. The SMILES string of the molecule is CC1(C)CS(=O)(=O)c2cc(C(=O)N=C(N)N)ccc2S1. The van der Waals surface area contributed by atoms with Gasteiger partial charge in [0.1, 0.15) is 0 Å². The number of nitrogens with zero attached hydrogens (tertiary/aromatic N) is 1. The van der Waals surface area contributed by atoms with Crippen LogP contribution in [0.1, 0.15) is 24.2 Å². The Balaban J connectivity index is 2.53. The Kier molecular flexibility index (Phi) is 3.55. The van der Waals surface area contributed by atoms with Crippen LogP contribution in [-0.4, -0.2) is 30.8 Å². The Morgan fingerprint density at radius 2 is 2.00 bits per heavy atom. The second-order valence-corrected chi connectivity index (χ2v) is 8.83. The van der Waals surface area contributed by atoms with Gasteiger partial charge in [0.05, 0.1) is 10.6 Å². The van der Waals surface area contributed by atoms with Crippen molar-refractivity contribution in [3.8, 4) is 0 Å². The van der Waals surface area contributed by atoms with E-state index in [2.05, 4.69) is 4.99 Å². The summed E-state index contributed by atoms with van der Waals surface area (Å²) >= 11 is 1.48. The maximum Gasteiger partial charge on any atom is 0.280 e. The normalized spacial score (nSPS) is 18.9. The lowest BCUT2D eigenvalue weighted by Gasteiger charge is -2.30. The number of rotatable bonds is 1. The molecule has 4 N–H and O–H groups in total. The predicted molar refractivity (Wildman–Crippen MR) is 78.6 cm³/mol. The van der Waals surface area contributed by atoms with E-state index in [1.54, 1.807) is 6.07 Å². The summed E-state index contributed by atoms with van der Waals surface area (Å²) in [5.74, 6) is -0.985. The zero-order valence-electron chi connectivity index (χ0n) is 11.1. The smallest absolute Gasteiger partial charge is 0.280 e. The third-order valence-corrected chi connectivity index (χ3v) is 6.37. The standard InChI is InChI=1S/C12H15N3O3S2/c1-12(2)6-20(17,18)9-5-7(3-4-8(9)19-12)10(16)15-11(13)14/h3-5H,6H2,1-2H3,(H4,13,14,15,16). The van der Waals surface area contributed by atoms with Gasteiger partial charge in [-0.15, -0.1) is 11.8 Å². The van der Waals surface area contributed by atoms with E-state index in [0.29, 0.717) is 4.90 Å². The molecule has 1 aliphatic rings. The molecular formula is C12H15N3O3S2. The van der Waals surface area contributed by atoms with Crippen LogP contribution in [0.25, 0.3) is 0 Å². The van der Waals surface area contributed by atoms with Crippen molar-refractivity contribution in [2.45, 2.75) is 28.4 Å². The molecule has 20 heavy (non-hydrogen) atoms. The summed E-state index contributed by atoms with van der Waals surface area (Å²) in [6.07, 6.45) is 0. The number of carbonyl (C=O) groups excluding carboxylic acids is 1. The molecule has 0 saturated heterocycles. The fourth-order valence-corrected chi connectivity index (χ4v) is 5.86. The monoisotopic (exact) mass is 313 g/mol. The highest BCUT2D eigenvalue weighted by atomic mass is 32.2. The first-order valence-electron chi connectivity index (χ1n) is 5.80. The van der Waals surface area contributed by atoms with Crippen molar-refractivity contribution in [1.29, 1.82) is 0 Å². The first kappa shape index (κ1) is 14.9. The lowest BCUT2D eigenvalue weighted by Crippen LogP contribution is -2.31. The van der Waals surface area contributed by atoms with E-state index in [-0.39, 0.29) is 22.2 Å². The van der Waals surface area contributed by atoms with Crippen LogP contribution in [0.5, 0.6) is 0 Å². The van der Waals surface area contributed by atoms with Gasteiger partial charge in [-0.1, -0.05) is 0 Å². The van der Waals surface area contributed by atoms with E-state index in [9.17, 15) is 13.2 Å². The van der Waals surface area contributed by atoms with E-state index >= 15 is 0 Å². The molecule has 108 valence electrons. The van der Waals surface area contributed by atoms with E-state index in [0.717, 1.165) is 0 Å². The summed E-state index contributed by atoms with van der Waals surface area (Å²) in [6, 6.07) is 4.48. The molecule has 0 unspecified atom stereocenters.